The molecule has 0 bridgehead atoms. The third kappa shape index (κ3) is 3.78. The number of nitrogens with zero attached hydrogens (tertiary/aromatic N) is 1. The minimum atomic E-state index is -0.635. The molecule has 0 aliphatic rings. The third-order valence-electron chi connectivity index (χ3n) is 3.48. The van der Waals surface area contributed by atoms with E-state index in [1.807, 2.05) is 30.3 Å². The molecule has 0 aliphatic carbocycles. The number of nitrogens with one attached hydrogen (secondary N) is 1. The van der Waals surface area contributed by atoms with Crippen LogP contribution in [0.1, 0.15) is 5.56 Å². The molecule has 3 aromatic rings. The third-order valence-corrected chi connectivity index (χ3v) is 3.48. The van der Waals surface area contributed by atoms with Gasteiger partial charge in [0.1, 0.15) is 12.4 Å². The second-order valence-corrected chi connectivity index (χ2v) is 5.26. The molecule has 0 radical (unpaired) electrons. The first-order valence-corrected chi connectivity index (χ1v) is 7.38. The maximum absolute atomic E-state index is 12.9. The van der Waals surface area contributed by atoms with E-state index >= 15 is 0 Å². The molecule has 1 N–H and O–H groups in total. The molecule has 0 saturated heterocycles. The zero-order chi connectivity index (χ0) is 16.9. The van der Waals surface area contributed by atoms with Gasteiger partial charge in [0.15, 0.2) is 5.76 Å². The smallest absolute Gasteiger partial charge is 0.408 e. The van der Waals surface area contributed by atoms with E-state index in [1.54, 1.807) is 0 Å². The van der Waals surface area contributed by atoms with Crippen LogP contribution in [-0.4, -0.2) is 10.5 Å². The van der Waals surface area contributed by atoms with Gasteiger partial charge in [-0.15, -0.1) is 0 Å². The van der Waals surface area contributed by atoms with Crippen molar-refractivity contribution in [2.24, 2.45) is 0 Å². The lowest BCUT2D eigenvalue weighted by Crippen LogP contribution is -2.30. The van der Waals surface area contributed by atoms with Gasteiger partial charge >= 0.3 is 5.76 Å². The second kappa shape index (κ2) is 6.95. The summed E-state index contributed by atoms with van der Waals surface area (Å²) in [5.74, 6) is -1.02. The molecule has 6 heteroatoms. The number of carbonyl (C=O) groups excluding carboxylic acids is 1. The Labute approximate surface area is 137 Å². The molecule has 5 nitrogen and oxygen atoms in total. The van der Waals surface area contributed by atoms with Crippen molar-refractivity contribution in [3.05, 3.63) is 82.7 Å². The Balaban J connectivity index is 1.66. The maximum atomic E-state index is 12.9. The van der Waals surface area contributed by atoms with Gasteiger partial charge < -0.3 is 9.73 Å². The average molecular weight is 326 g/mol. The normalized spacial score (nSPS) is 10.5. The van der Waals surface area contributed by atoms with Gasteiger partial charge in [-0.3, -0.25) is 9.36 Å². The number of halogens is 1. The molecule has 2 aromatic carbocycles. The second-order valence-electron chi connectivity index (χ2n) is 5.26. The van der Waals surface area contributed by atoms with Crippen molar-refractivity contribution in [3.8, 4) is 11.3 Å². The molecule has 0 spiro atoms. The highest BCUT2D eigenvalue weighted by Crippen LogP contribution is 2.18. The van der Waals surface area contributed by atoms with Crippen LogP contribution in [0.5, 0.6) is 0 Å². The minimum Gasteiger partial charge on any atom is -0.408 e. The van der Waals surface area contributed by atoms with E-state index in [1.165, 1.54) is 35.0 Å². The number of rotatable bonds is 5. The van der Waals surface area contributed by atoms with Gasteiger partial charge in [-0.05, 0) is 29.8 Å². The molecule has 1 amide bonds. The molecule has 0 saturated carbocycles. The number of oxazole rings is 1. The molecule has 24 heavy (non-hydrogen) atoms. The van der Waals surface area contributed by atoms with Gasteiger partial charge in [0, 0.05) is 12.1 Å². The van der Waals surface area contributed by atoms with Crippen molar-refractivity contribution in [1.29, 1.82) is 0 Å². The van der Waals surface area contributed by atoms with Crippen LogP contribution < -0.4 is 11.1 Å². The topological polar surface area (TPSA) is 64.2 Å². The van der Waals surface area contributed by atoms with Gasteiger partial charge in [-0.25, -0.2) is 9.18 Å². The average Bonchev–Trinajstić information content (AvgIpc) is 2.95. The molecule has 3 rings (SSSR count). The zero-order valence-corrected chi connectivity index (χ0v) is 12.7. The van der Waals surface area contributed by atoms with Gasteiger partial charge in [-0.2, -0.15) is 0 Å². The molecular formula is C18H15FN2O3. The Morgan fingerprint density at radius 2 is 1.79 bits per heavy atom. The van der Waals surface area contributed by atoms with Gasteiger partial charge in [0.25, 0.3) is 0 Å². The summed E-state index contributed by atoms with van der Waals surface area (Å²) < 4.78 is 19.2. The fourth-order valence-corrected chi connectivity index (χ4v) is 2.24. The Bertz CT molecular complexity index is 883. The summed E-state index contributed by atoms with van der Waals surface area (Å²) in [6.07, 6.45) is 1.44. The van der Waals surface area contributed by atoms with Crippen molar-refractivity contribution < 1.29 is 13.6 Å². The van der Waals surface area contributed by atoms with E-state index in [4.69, 9.17) is 4.42 Å². The van der Waals surface area contributed by atoms with E-state index in [-0.39, 0.29) is 24.0 Å². The van der Waals surface area contributed by atoms with E-state index in [0.29, 0.717) is 12.1 Å². The molecule has 1 aromatic heterocycles. The highest BCUT2D eigenvalue weighted by molar-refractivity contribution is 5.75. The van der Waals surface area contributed by atoms with Crippen LogP contribution in [0, 0.1) is 5.82 Å². The Hall–Kier alpha value is -3.15. The number of aromatic nitrogens is 1. The van der Waals surface area contributed by atoms with Crippen LogP contribution in [0.2, 0.25) is 0 Å². The quantitative estimate of drug-likeness (QED) is 0.784. The van der Waals surface area contributed by atoms with Crippen molar-refractivity contribution in [1.82, 2.24) is 9.88 Å². The predicted molar refractivity (Wildman–Crippen MR) is 86.7 cm³/mol. The van der Waals surface area contributed by atoms with Crippen molar-refractivity contribution in [3.63, 3.8) is 0 Å². The van der Waals surface area contributed by atoms with Crippen LogP contribution in [-0.2, 0) is 17.9 Å². The molecular weight excluding hydrogens is 311 g/mol. The predicted octanol–water partition coefficient (Wildman–Crippen LogP) is 2.56. The summed E-state index contributed by atoms with van der Waals surface area (Å²) in [6, 6.07) is 15.0. The van der Waals surface area contributed by atoms with Crippen LogP contribution in [0.25, 0.3) is 11.3 Å². The van der Waals surface area contributed by atoms with Crippen LogP contribution >= 0.6 is 0 Å². The summed E-state index contributed by atoms with van der Waals surface area (Å²) in [6.45, 7) is 0.244. The number of hydrogen-bond acceptors (Lipinski definition) is 3. The van der Waals surface area contributed by atoms with Crippen LogP contribution in [0.15, 0.2) is 70.0 Å². The van der Waals surface area contributed by atoms with E-state index in [0.717, 1.165) is 5.56 Å². The molecule has 122 valence electrons. The molecule has 1 heterocycles. The number of hydrogen-bond donors (Lipinski definition) is 1. The van der Waals surface area contributed by atoms with Gasteiger partial charge in [0.2, 0.25) is 5.91 Å². The first kappa shape index (κ1) is 15.7. The Kier molecular flexibility index (Phi) is 4.56. The highest BCUT2D eigenvalue weighted by atomic mass is 19.1. The van der Waals surface area contributed by atoms with Crippen molar-refractivity contribution in [2.75, 3.05) is 0 Å². The van der Waals surface area contributed by atoms with Crippen molar-refractivity contribution >= 4 is 5.91 Å². The van der Waals surface area contributed by atoms with E-state index in [2.05, 4.69) is 5.32 Å². The van der Waals surface area contributed by atoms with E-state index < -0.39 is 5.76 Å². The summed E-state index contributed by atoms with van der Waals surface area (Å²) >= 11 is 0. The van der Waals surface area contributed by atoms with Crippen molar-refractivity contribution in [2.45, 2.75) is 13.1 Å². The number of carbonyl (C=O) groups is 1. The SMILES string of the molecule is O=C(Cn1cc(-c2ccc(F)cc2)oc1=O)NCc1ccccc1. The standard InChI is InChI=1S/C18H15FN2O3/c19-15-8-6-14(7-9-15)16-11-21(18(23)24-16)12-17(22)20-10-13-4-2-1-3-5-13/h1-9,11H,10,12H2,(H,20,22). The van der Waals surface area contributed by atoms with Gasteiger partial charge in [0.05, 0.1) is 6.20 Å². The first-order chi connectivity index (χ1) is 11.6. The number of benzene rings is 2. The molecule has 0 fully saturated rings. The summed E-state index contributed by atoms with van der Waals surface area (Å²) in [5, 5.41) is 2.74. The molecule has 0 unspecified atom stereocenters. The molecule has 0 atom stereocenters. The fourth-order valence-electron chi connectivity index (χ4n) is 2.24. The van der Waals surface area contributed by atoms with Crippen LogP contribution in [0.4, 0.5) is 4.39 Å². The Morgan fingerprint density at radius 3 is 2.50 bits per heavy atom. The maximum Gasteiger partial charge on any atom is 0.419 e. The molecule has 0 aliphatic heterocycles. The highest BCUT2D eigenvalue weighted by Gasteiger charge is 2.11. The monoisotopic (exact) mass is 326 g/mol. The zero-order valence-electron chi connectivity index (χ0n) is 12.7. The Morgan fingerprint density at radius 1 is 1.08 bits per heavy atom. The lowest BCUT2D eigenvalue weighted by Gasteiger charge is -2.04. The summed E-state index contributed by atoms with van der Waals surface area (Å²) in [5.41, 5.74) is 1.54. The largest absolute Gasteiger partial charge is 0.419 e. The lowest BCUT2D eigenvalue weighted by molar-refractivity contribution is -0.121. The van der Waals surface area contributed by atoms with Crippen LogP contribution in [0.3, 0.4) is 0 Å². The summed E-state index contributed by atoms with van der Waals surface area (Å²) in [7, 11) is 0. The van der Waals surface area contributed by atoms with E-state index in [9.17, 15) is 14.0 Å². The summed E-state index contributed by atoms with van der Waals surface area (Å²) in [4.78, 5) is 23.8. The van der Waals surface area contributed by atoms with Gasteiger partial charge in [-0.1, -0.05) is 30.3 Å². The first-order valence-electron chi connectivity index (χ1n) is 7.38. The minimum absolute atomic E-state index is 0.142. The lowest BCUT2D eigenvalue weighted by atomic mass is 10.2. The fraction of sp³-hybridized carbons (Fsp3) is 0.111. The number of amides is 1.